The van der Waals surface area contributed by atoms with Crippen molar-refractivity contribution in [1.29, 1.82) is 0 Å². The average Bonchev–Trinajstić information content (AvgIpc) is 2.62. The lowest BCUT2D eigenvalue weighted by Crippen LogP contribution is -2.13. The zero-order valence-corrected chi connectivity index (χ0v) is 14.2. The minimum Gasteiger partial charge on any atom is -0.363 e. The Bertz CT molecular complexity index is 807. The van der Waals surface area contributed by atoms with Gasteiger partial charge in [0.2, 0.25) is 0 Å². The van der Waals surface area contributed by atoms with Gasteiger partial charge in [-0.3, -0.25) is 9.78 Å². The van der Waals surface area contributed by atoms with Crippen molar-refractivity contribution in [2.45, 2.75) is 6.54 Å². The number of rotatable bonds is 5. The van der Waals surface area contributed by atoms with Crippen molar-refractivity contribution in [2.24, 2.45) is 0 Å². The summed E-state index contributed by atoms with van der Waals surface area (Å²) in [5.74, 6) is 0.777. The average molecular weight is 384 g/mol. The molecule has 3 aromatic rings. The molecule has 120 valence electrons. The quantitative estimate of drug-likeness (QED) is 0.704. The first-order valence-corrected chi connectivity index (χ1v) is 8.04. The number of halogens is 1. The molecule has 6 nitrogen and oxygen atoms in total. The predicted molar refractivity (Wildman–Crippen MR) is 95.7 cm³/mol. The summed E-state index contributed by atoms with van der Waals surface area (Å²) in [4.78, 5) is 16.3. The molecule has 2 N–H and O–H groups in total. The highest BCUT2D eigenvalue weighted by atomic mass is 79.9. The van der Waals surface area contributed by atoms with E-state index in [4.69, 9.17) is 0 Å². The summed E-state index contributed by atoms with van der Waals surface area (Å²) in [5, 5.41) is 13.9. The van der Waals surface area contributed by atoms with Crippen molar-refractivity contribution in [2.75, 3.05) is 10.6 Å². The Kier molecular flexibility index (Phi) is 5.12. The van der Waals surface area contributed by atoms with Crippen LogP contribution in [-0.2, 0) is 6.54 Å². The first-order valence-electron chi connectivity index (χ1n) is 7.25. The second-order valence-electron chi connectivity index (χ2n) is 4.94. The number of hydrogen-bond donors (Lipinski definition) is 2. The molecule has 2 aromatic heterocycles. The molecule has 0 aliphatic carbocycles. The lowest BCUT2D eigenvalue weighted by Gasteiger charge is -2.06. The van der Waals surface area contributed by atoms with Crippen LogP contribution < -0.4 is 10.6 Å². The van der Waals surface area contributed by atoms with Crippen LogP contribution in [0.15, 0.2) is 65.3 Å². The number of carbonyl (C=O) groups excluding carboxylic acids is 1. The summed E-state index contributed by atoms with van der Waals surface area (Å²) in [6.07, 6.45) is 1.74. The summed E-state index contributed by atoms with van der Waals surface area (Å²) in [6, 6.07) is 16.3. The van der Waals surface area contributed by atoms with Crippen LogP contribution in [0.5, 0.6) is 0 Å². The summed E-state index contributed by atoms with van der Waals surface area (Å²) in [7, 11) is 0. The monoisotopic (exact) mass is 383 g/mol. The molecule has 3 rings (SSSR count). The zero-order valence-electron chi connectivity index (χ0n) is 12.6. The number of carbonyl (C=O) groups is 1. The number of amides is 1. The number of pyridine rings is 1. The molecule has 0 aliphatic heterocycles. The van der Waals surface area contributed by atoms with Crippen LogP contribution in [0, 0.1) is 0 Å². The van der Waals surface area contributed by atoms with Gasteiger partial charge in [-0.15, -0.1) is 10.2 Å². The molecule has 0 atom stereocenters. The fraction of sp³-hybridized carbons (Fsp3) is 0.0588. The molecule has 24 heavy (non-hydrogen) atoms. The molecule has 0 saturated carbocycles. The van der Waals surface area contributed by atoms with Crippen LogP contribution in [0.4, 0.5) is 11.6 Å². The maximum atomic E-state index is 12.1. The third kappa shape index (κ3) is 4.36. The molecule has 0 fully saturated rings. The third-order valence-corrected chi connectivity index (χ3v) is 3.72. The standard InChI is InChI=1S/C17H14BrN5O/c18-13-6-4-12(5-7-13)17(24)21-16-9-8-15(22-23-16)20-11-14-3-1-2-10-19-14/h1-10H,11H2,(H,20,22)(H,21,23,24). The first kappa shape index (κ1) is 16.1. The predicted octanol–water partition coefficient (Wildman–Crippen LogP) is 3.50. The number of hydrogen-bond acceptors (Lipinski definition) is 5. The van der Waals surface area contributed by atoms with Crippen molar-refractivity contribution in [3.63, 3.8) is 0 Å². The fourth-order valence-electron chi connectivity index (χ4n) is 1.97. The second kappa shape index (κ2) is 7.65. The van der Waals surface area contributed by atoms with Crippen molar-refractivity contribution < 1.29 is 4.79 Å². The SMILES string of the molecule is O=C(Nc1ccc(NCc2ccccn2)nn1)c1ccc(Br)cc1. The molecule has 0 aliphatic rings. The Morgan fingerprint density at radius 3 is 2.38 bits per heavy atom. The zero-order chi connectivity index (χ0) is 16.8. The molecular formula is C17H14BrN5O. The van der Waals surface area contributed by atoms with E-state index in [2.05, 4.69) is 41.7 Å². The van der Waals surface area contributed by atoms with Crippen LogP contribution in [0.2, 0.25) is 0 Å². The Hall–Kier alpha value is -2.80. The van der Waals surface area contributed by atoms with Crippen molar-refractivity contribution in [3.8, 4) is 0 Å². The topological polar surface area (TPSA) is 79.8 Å². The molecule has 0 unspecified atom stereocenters. The molecule has 1 amide bonds. The van der Waals surface area contributed by atoms with E-state index in [9.17, 15) is 4.79 Å². The van der Waals surface area contributed by atoms with Gasteiger partial charge in [-0.25, -0.2) is 0 Å². The summed E-state index contributed by atoms with van der Waals surface area (Å²) >= 11 is 3.34. The minimum absolute atomic E-state index is 0.231. The van der Waals surface area contributed by atoms with E-state index in [0.717, 1.165) is 10.2 Å². The number of nitrogens with zero attached hydrogens (tertiary/aromatic N) is 3. The Morgan fingerprint density at radius 2 is 1.71 bits per heavy atom. The van der Waals surface area contributed by atoms with Crippen LogP contribution >= 0.6 is 15.9 Å². The van der Waals surface area contributed by atoms with Gasteiger partial charge in [0.15, 0.2) is 5.82 Å². The highest BCUT2D eigenvalue weighted by molar-refractivity contribution is 9.10. The van der Waals surface area contributed by atoms with E-state index >= 15 is 0 Å². The van der Waals surface area contributed by atoms with Gasteiger partial charge < -0.3 is 10.6 Å². The summed E-state index contributed by atoms with van der Waals surface area (Å²) in [5.41, 5.74) is 1.46. The third-order valence-electron chi connectivity index (χ3n) is 3.19. The molecule has 0 spiro atoms. The molecular weight excluding hydrogens is 370 g/mol. The van der Waals surface area contributed by atoms with Crippen LogP contribution in [-0.4, -0.2) is 21.1 Å². The van der Waals surface area contributed by atoms with E-state index < -0.39 is 0 Å². The number of benzene rings is 1. The van der Waals surface area contributed by atoms with Crippen LogP contribution in [0.1, 0.15) is 16.1 Å². The van der Waals surface area contributed by atoms with Crippen LogP contribution in [0.25, 0.3) is 0 Å². The van der Waals surface area contributed by atoms with Gasteiger partial charge in [0.05, 0.1) is 12.2 Å². The van der Waals surface area contributed by atoms with Crippen LogP contribution in [0.3, 0.4) is 0 Å². The van der Waals surface area contributed by atoms with Gasteiger partial charge >= 0.3 is 0 Å². The maximum absolute atomic E-state index is 12.1. The van der Waals surface area contributed by atoms with Crippen molar-refractivity contribution in [3.05, 3.63) is 76.5 Å². The van der Waals surface area contributed by atoms with E-state index in [0.29, 0.717) is 23.7 Å². The fourth-order valence-corrected chi connectivity index (χ4v) is 2.23. The van der Waals surface area contributed by atoms with Crippen molar-refractivity contribution >= 4 is 33.5 Å². The largest absolute Gasteiger partial charge is 0.363 e. The number of anilines is 2. The lowest BCUT2D eigenvalue weighted by atomic mass is 10.2. The molecule has 0 radical (unpaired) electrons. The molecule has 0 saturated heterocycles. The number of nitrogens with one attached hydrogen (secondary N) is 2. The second-order valence-corrected chi connectivity index (χ2v) is 5.86. The van der Waals surface area contributed by atoms with Gasteiger partial charge in [-0.1, -0.05) is 22.0 Å². The summed E-state index contributed by atoms with van der Waals surface area (Å²) < 4.78 is 0.919. The van der Waals surface area contributed by atoms with Gasteiger partial charge in [0.25, 0.3) is 5.91 Å². The molecule has 0 bridgehead atoms. The Balaban J connectivity index is 1.58. The normalized spacial score (nSPS) is 10.2. The minimum atomic E-state index is -0.231. The van der Waals surface area contributed by atoms with E-state index in [1.807, 2.05) is 30.3 Å². The first-order chi connectivity index (χ1) is 11.7. The lowest BCUT2D eigenvalue weighted by molar-refractivity contribution is 0.102. The highest BCUT2D eigenvalue weighted by Crippen LogP contribution is 2.13. The molecule has 2 heterocycles. The van der Waals surface area contributed by atoms with Crippen molar-refractivity contribution in [1.82, 2.24) is 15.2 Å². The van der Waals surface area contributed by atoms with E-state index in [1.54, 1.807) is 30.5 Å². The number of aromatic nitrogens is 3. The Labute approximate surface area is 147 Å². The van der Waals surface area contributed by atoms with Gasteiger partial charge in [0.1, 0.15) is 5.82 Å². The van der Waals surface area contributed by atoms with Gasteiger partial charge in [0, 0.05) is 16.2 Å². The molecule has 7 heteroatoms. The van der Waals surface area contributed by atoms with E-state index in [1.165, 1.54) is 0 Å². The molecule has 1 aromatic carbocycles. The maximum Gasteiger partial charge on any atom is 0.256 e. The Morgan fingerprint density at radius 1 is 0.958 bits per heavy atom. The van der Waals surface area contributed by atoms with Gasteiger partial charge in [-0.05, 0) is 48.5 Å². The smallest absolute Gasteiger partial charge is 0.256 e. The highest BCUT2D eigenvalue weighted by Gasteiger charge is 2.07. The van der Waals surface area contributed by atoms with E-state index in [-0.39, 0.29) is 5.91 Å². The van der Waals surface area contributed by atoms with Gasteiger partial charge in [-0.2, -0.15) is 0 Å². The summed E-state index contributed by atoms with van der Waals surface area (Å²) in [6.45, 7) is 0.556.